The lowest BCUT2D eigenvalue weighted by molar-refractivity contribution is 0.0224. The molecule has 1 aliphatic carbocycles. The maximum absolute atomic E-state index is 13.4. The fourth-order valence-corrected chi connectivity index (χ4v) is 5.35. The van der Waals surface area contributed by atoms with Crippen molar-refractivity contribution in [3.63, 3.8) is 0 Å². The van der Waals surface area contributed by atoms with Crippen LogP contribution in [0.3, 0.4) is 0 Å². The van der Waals surface area contributed by atoms with Gasteiger partial charge in [-0.05, 0) is 89.3 Å². The van der Waals surface area contributed by atoms with E-state index >= 15 is 0 Å². The fraction of sp³-hybridized carbons (Fsp3) is 0.419. The van der Waals surface area contributed by atoms with Crippen LogP contribution in [0.4, 0.5) is 16.4 Å². The third-order valence-corrected chi connectivity index (χ3v) is 7.64. The highest BCUT2D eigenvalue weighted by Crippen LogP contribution is 2.46. The van der Waals surface area contributed by atoms with E-state index in [0.29, 0.717) is 41.6 Å². The molecule has 11 nitrogen and oxygen atoms in total. The Bertz CT molecular complexity index is 1800. The first-order chi connectivity index (χ1) is 20.0. The number of anilines is 2. The van der Waals surface area contributed by atoms with Crippen LogP contribution < -0.4 is 10.9 Å². The monoisotopic (exact) mass is 566 g/mol. The number of hydrogen-bond acceptors (Lipinski definition) is 8. The molecule has 0 saturated heterocycles. The third kappa shape index (κ3) is 4.98. The zero-order chi connectivity index (χ0) is 29.8. The number of benzene rings is 1. The summed E-state index contributed by atoms with van der Waals surface area (Å²) in [5, 5.41) is 13.4. The zero-order valence-electron chi connectivity index (χ0n) is 24.5. The van der Waals surface area contributed by atoms with Gasteiger partial charge < -0.3 is 15.0 Å². The molecule has 1 fully saturated rings. The third-order valence-electron chi connectivity index (χ3n) is 7.64. The molecule has 216 valence electrons. The Morgan fingerprint density at radius 1 is 1.14 bits per heavy atom. The molecule has 4 heterocycles. The highest BCUT2D eigenvalue weighted by Gasteiger charge is 2.46. The van der Waals surface area contributed by atoms with Gasteiger partial charge in [0, 0.05) is 31.0 Å². The average Bonchev–Trinajstić information content (AvgIpc) is 3.70. The van der Waals surface area contributed by atoms with E-state index in [1.165, 1.54) is 11.8 Å². The molecule has 4 aromatic rings. The smallest absolute Gasteiger partial charge is 0.410 e. The fourth-order valence-electron chi connectivity index (χ4n) is 5.35. The van der Waals surface area contributed by atoms with Crippen LogP contribution in [0.1, 0.15) is 70.3 Å². The van der Waals surface area contributed by atoms with E-state index in [9.17, 15) is 14.9 Å². The van der Waals surface area contributed by atoms with Crippen LogP contribution >= 0.6 is 0 Å². The number of ether oxygens (including phenoxy) is 1. The van der Waals surface area contributed by atoms with Crippen LogP contribution in [-0.2, 0) is 23.1 Å². The summed E-state index contributed by atoms with van der Waals surface area (Å²) in [5.74, 6) is 0.847. The summed E-state index contributed by atoms with van der Waals surface area (Å²) in [5.41, 5.74) is 2.76. The summed E-state index contributed by atoms with van der Waals surface area (Å²) in [6.07, 6.45) is 3.50. The highest BCUT2D eigenvalue weighted by atomic mass is 16.6. The van der Waals surface area contributed by atoms with E-state index in [4.69, 9.17) is 14.7 Å². The summed E-state index contributed by atoms with van der Waals surface area (Å²) < 4.78 is 8.91. The van der Waals surface area contributed by atoms with Crippen molar-refractivity contribution in [3.8, 4) is 11.9 Å². The molecule has 0 atom stereocenters. The normalized spacial score (nSPS) is 15.8. The van der Waals surface area contributed by atoms with Gasteiger partial charge in [-0.3, -0.25) is 4.79 Å². The maximum atomic E-state index is 13.4. The van der Waals surface area contributed by atoms with E-state index < -0.39 is 11.0 Å². The Labute approximate surface area is 243 Å². The molecule has 6 rings (SSSR count). The molecular formula is C31H34N8O3. The number of hydrogen-bond donors (Lipinski definition) is 1. The standard InChI is InChI=1S/C31H34N8O3/c1-19(2)38-27(40)23-16-33-28(36-26(23)39(38)25-8-6-7-24(35-25)31(18-32)12-13-31)34-22-10-9-20-11-14-37(17-21(20)15-22)29(41)42-30(3,4)5/h6-10,15-16,19H,11-14,17H2,1-5H3,(H,33,34,36). The topological polar surface area (TPSA) is 131 Å². The molecule has 2 aliphatic rings. The number of nitriles is 1. The number of amides is 1. The first kappa shape index (κ1) is 27.4. The van der Waals surface area contributed by atoms with Gasteiger partial charge in [0.25, 0.3) is 5.56 Å². The van der Waals surface area contributed by atoms with Crippen molar-refractivity contribution in [2.45, 2.75) is 77.5 Å². The molecule has 1 saturated carbocycles. The lowest BCUT2D eigenvalue weighted by Crippen LogP contribution is -2.39. The van der Waals surface area contributed by atoms with E-state index in [1.807, 2.05) is 71.0 Å². The van der Waals surface area contributed by atoms with Crippen molar-refractivity contribution in [2.75, 3.05) is 11.9 Å². The maximum Gasteiger partial charge on any atom is 0.410 e. The van der Waals surface area contributed by atoms with Crippen molar-refractivity contribution in [1.82, 2.24) is 29.2 Å². The van der Waals surface area contributed by atoms with E-state index in [1.54, 1.807) is 14.3 Å². The molecule has 1 aliphatic heterocycles. The molecule has 0 spiro atoms. The van der Waals surface area contributed by atoms with E-state index in [2.05, 4.69) is 16.4 Å². The first-order valence-corrected chi connectivity index (χ1v) is 14.2. The Morgan fingerprint density at radius 3 is 2.62 bits per heavy atom. The number of fused-ring (bicyclic) bond motifs is 2. The van der Waals surface area contributed by atoms with E-state index in [0.717, 1.165) is 30.5 Å². The minimum Gasteiger partial charge on any atom is -0.444 e. The molecule has 1 aromatic carbocycles. The van der Waals surface area contributed by atoms with Crippen LogP contribution in [0.2, 0.25) is 0 Å². The van der Waals surface area contributed by atoms with Gasteiger partial charge in [-0.15, -0.1) is 0 Å². The second-order valence-electron chi connectivity index (χ2n) is 12.3. The highest BCUT2D eigenvalue weighted by molar-refractivity contribution is 5.77. The average molecular weight is 567 g/mol. The Morgan fingerprint density at radius 2 is 1.93 bits per heavy atom. The molecule has 0 radical (unpaired) electrons. The Kier molecular flexibility index (Phi) is 6.52. The van der Waals surface area contributed by atoms with Crippen LogP contribution in [0.15, 0.2) is 47.4 Å². The summed E-state index contributed by atoms with van der Waals surface area (Å²) in [6.45, 7) is 10.5. The van der Waals surface area contributed by atoms with Crippen molar-refractivity contribution >= 4 is 28.8 Å². The van der Waals surface area contributed by atoms with Crippen molar-refractivity contribution in [1.29, 1.82) is 5.26 Å². The summed E-state index contributed by atoms with van der Waals surface area (Å²) >= 11 is 0. The van der Waals surface area contributed by atoms with Gasteiger partial charge in [-0.1, -0.05) is 12.1 Å². The molecule has 0 unspecified atom stereocenters. The van der Waals surface area contributed by atoms with Crippen LogP contribution in [0.25, 0.3) is 16.9 Å². The van der Waals surface area contributed by atoms with Gasteiger partial charge >= 0.3 is 6.09 Å². The van der Waals surface area contributed by atoms with Crippen LogP contribution in [0, 0.1) is 11.3 Å². The number of rotatable bonds is 5. The van der Waals surface area contributed by atoms with Crippen LogP contribution in [0.5, 0.6) is 0 Å². The van der Waals surface area contributed by atoms with Crippen molar-refractivity contribution < 1.29 is 9.53 Å². The second kappa shape index (κ2) is 9.98. The molecule has 1 amide bonds. The number of carbonyl (C=O) groups is 1. The molecule has 11 heteroatoms. The van der Waals surface area contributed by atoms with E-state index in [-0.39, 0.29) is 17.7 Å². The predicted molar refractivity (Wildman–Crippen MR) is 158 cm³/mol. The Balaban J connectivity index is 1.34. The SMILES string of the molecule is CC(C)n1c(=O)c2cnc(Nc3ccc4c(c3)CN(C(=O)OC(C)(C)C)CC4)nc2n1-c1cccc(C2(C#N)CC2)n1. The summed E-state index contributed by atoms with van der Waals surface area (Å²) in [4.78, 5) is 41.8. The number of aromatic nitrogens is 5. The molecule has 42 heavy (non-hydrogen) atoms. The van der Waals surface area contributed by atoms with Gasteiger partial charge in [0.2, 0.25) is 5.95 Å². The lowest BCUT2D eigenvalue weighted by atomic mass is 9.99. The Hall–Kier alpha value is -4.72. The quantitative estimate of drug-likeness (QED) is 0.351. The van der Waals surface area contributed by atoms with Gasteiger partial charge in [-0.2, -0.15) is 10.2 Å². The number of pyridine rings is 1. The number of carbonyl (C=O) groups excluding carboxylic acids is 1. The van der Waals surface area contributed by atoms with Crippen molar-refractivity contribution in [3.05, 3.63) is 69.8 Å². The molecule has 0 bridgehead atoms. The number of nitrogens with one attached hydrogen (secondary N) is 1. The molecule has 1 N–H and O–H groups in total. The molecular weight excluding hydrogens is 532 g/mol. The number of nitrogens with zero attached hydrogens (tertiary/aromatic N) is 7. The van der Waals surface area contributed by atoms with Crippen molar-refractivity contribution in [2.24, 2.45) is 0 Å². The lowest BCUT2D eigenvalue weighted by Gasteiger charge is -2.31. The van der Waals surface area contributed by atoms with Gasteiger partial charge in [0.15, 0.2) is 11.5 Å². The van der Waals surface area contributed by atoms with Crippen LogP contribution in [-0.4, -0.2) is 47.5 Å². The summed E-state index contributed by atoms with van der Waals surface area (Å²) in [7, 11) is 0. The summed E-state index contributed by atoms with van der Waals surface area (Å²) in [6, 6.07) is 13.8. The van der Waals surface area contributed by atoms with Gasteiger partial charge in [-0.25, -0.2) is 24.1 Å². The zero-order valence-corrected chi connectivity index (χ0v) is 24.5. The van der Waals surface area contributed by atoms with Gasteiger partial charge in [0.05, 0.1) is 17.2 Å². The first-order valence-electron chi connectivity index (χ1n) is 14.2. The molecule has 3 aromatic heterocycles. The predicted octanol–water partition coefficient (Wildman–Crippen LogP) is 5.15. The minimum atomic E-state index is -0.560. The second-order valence-corrected chi connectivity index (χ2v) is 12.3. The largest absolute Gasteiger partial charge is 0.444 e. The minimum absolute atomic E-state index is 0.173. The van der Waals surface area contributed by atoms with Gasteiger partial charge in [0.1, 0.15) is 11.0 Å².